The lowest BCUT2D eigenvalue weighted by Crippen LogP contribution is -2.05. The molecule has 2 N–H and O–H groups in total. The van der Waals surface area contributed by atoms with Gasteiger partial charge in [0.05, 0.1) is 23.2 Å². The van der Waals surface area contributed by atoms with Crippen LogP contribution in [0.1, 0.15) is 23.4 Å². The van der Waals surface area contributed by atoms with Crippen LogP contribution in [0.25, 0.3) is 0 Å². The topological polar surface area (TPSA) is 62.7 Å². The van der Waals surface area contributed by atoms with Crippen LogP contribution in [-0.4, -0.2) is 4.98 Å². The molecule has 0 saturated heterocycles. The third-order valence-corrected chi connectivity index (χ3v) is 2.23. The number of hydrogen-bond acceptors (Lipinski definition) is 3. The Bertz CT molecular complexity index is 401. The smallest absolute Gasteiger partial charge is 0.281 e. The normalized spacial score (nSPS) is 10.4. The van der Waals surface area contributed by atoms with Crippen LogP contribution in [0.2, 0.25) is 5.02 Å². The van der Waals surface area contributed by atoms with Gasteiger partial charge in [-0.2, -0.15) is 5.26 Å². The number of nitrogens with two attached hydrogens (primary N) is 1. The summed E-state index contributed by atoms with van der Waals surface area (Å²) in [7, 11) is 0. The molecule has 0 aliphatic carbocycles. The van der Waals surface area contributed by atoms with Crippen molar-refractivity contribution in [1.29, 1.82) is 5.26 Å². The molecule has 0 aromatic carbocycles. The zero-order valence-electron chi connectivity index (χ0n) is 7.67. The van der Waals surface area contributed by atoms with Gasteiger partial charge in [0.25, 0.3) is 6.43 Å². The van der Waals surface area contributed by atoms with Crippen LogP contribution < -0.4 is 5.73 Å². The van der Waals surface area contributed by atoms with Crippen molar-refractivity contribution in [3.8, 4) is 6.07 Å². The maximum absolute atomic E-state index is 12.5. The molecule has 0 aliphatic rings. The summed E-state index contributed by atoms with van der Waals surface area (Å²) in [5.74, 6) is 0. The van der Waals surface area contributed by atoms with Gasteiger partial charge in [0.2, 0.25) is 0 Å². The van der Waals surface area contributed by atoms with E-state index >= 15 is 0 Å². The Morgan fingerprint density at radius 1 is 1.60 bits per heavy atom. The van der Waals surface area contributed by atoms with Crippen LogP contribution in [0.3, 0.4) is 0 Å². The molecule has 1 heterocycles. The fraction of sp³-hybridized carbons (Fsp3) is 0.333. The molecular weight excluding hydrogens is 224 g/mol. The maximum atomic E-state index is 12.5. The van der Waals surface area contributed by atoms with Crippen molar-refractivity contribution in [2.24, 2.45) is 5.73 Å². The van der Waals surface area contributed by atoms with Gasteiger partial charge in [-0.15, -0.1) is 0 Å². The summed E-state index contributed by atoms with van der Waals surface area (Å²) in [6.07, 6.45) is -2.80. The lowest BCUT2D eigenvalue weighted by atomic mass is 10.1. The van der Waals surface area contributed by atoms with Crippen molar-refractivity contribution in [1.82, 2.24) is 4.98 Å². The molecule has 0 aliphatic heterocycles. The Hall–Kier alpha value is -1.25. The van der Waals surface area contributed by atoms with Crippen LogP contribution in [0.5, 0.6) is 0 Å². The quantitative estimate of drug-likeness (QED) is 0.867. The van der Waals surface area contributed by atoms with Crippen LogP contribution in [0, 0.1) is 11.3 Å². The van der Waals surface area contributed by atoms with Gasteiger partial charge in [-0.3, -0.25) is 0 Å². The molecule has 6 heteroatoms. The summed E-state index contributed by atoms with van der Waals surface area (Å²) in [5.41, 5.74) is 5.48. The maximum Gasteiger partial charge on any atom is 0.281 e. The highest BCUT2D eigenvalue weighted by atomic mass is 35.5. The first kappa shape index (κ1) is 11.8. The Morgan fingerprint density at radius 2 is 2.27 bits per heavy atom. The number of alkyl halides is 2. The molecule has 1 rings (SSSR count). The largest absolute Gasteiger partial charge is 0.326 e. The number of pyridine rings is 1. The van der Waals surface area contributed by atoms with Crippen LogP contribution in [0.15, 0.2) is 6.07 Å². The van der Waals surface area contributed by atoms with Crippen LogP contribution in [0.4, 0.5) is 8.78 Å². The predicted octanol–water partition coefficient (Wildman–Crippen LogP) is 2.20. The predicted molar refractivity (Wildman–Crippen MR) is 51.4 cm³/mol. The van der Waals surface area contributed by atoms with Crippen molar-refractivity contribution in [2.45, 2.75) is 19.4 Å². The number of nitriles is 1. The van der Waals surface area contributed by atoms with E-state index in [1.54, 1.807) is 0 Å². The highest BCUT2D eigenvalue weighted by Gasteiger charge is 2.17. The van der Waals surface area contributed by atoms with Gasteiger partial charge < -0.3 is 5.73 Å². The van der Waals surface area contributed by atoms with Crippen molar-refractivity contribution >= 4 is 11.6 Å². The molecule has 80 valence electrons. The third kappa shape index (κ3) is 2.61. The van der Waals surface area contributed by atoms with Gasteiger partial charge in [0, 0.05) is 6.54 Å². The minimum Gasteiger partial charge on any atom is -0.326 e. The highest BCUT2D eigenvalue weighted by Crippen LogP contribution is 2.28. The molecule has 0 unspecified atom stereocenters. The number of rotatable bonds is 3. The van der Waals surface area contributed by atoms with Gasteiger partial charge in [0.1, 0.15) is 5.69 Å². The van der Waals surface area contributed by atoms with E-state index in [0.717, 1.165) is 0 Å². The van der Waals surface area contributed by atoms with E-state index < -0.39 is 12.1 Å². The van der Waals surface area contributed by atoms with Gasteiger partial charge in [0.15, 0.2) is 0 Å². The van der Waals surface area contributed by atoms with E-state index in [1.165, 1.54) is 6.07 Å². The van der Waals surface area contributed by atoms with Gasteiger partial charge in [-0.1, -0.05) is 11.6 Å². The van der Waals surface area contributed by atoms with Gasteiger partial charge in [-0.25, -0.2) is 13.8 Å². The number of nitrogens with zero attached hydrogens (tertiary/aromatic N) is 2. The Labute approximate surface area is 90.5 Å². The van der Waals surface area contributed by atoms with E-state index in [2.05, 4.69) is 4.98 Å². The van der Waals surface area contributed by atoms with Crippen molar-refractivity contribution in [2.75, 3.05) is 0 Å². The van der Waals surface area contributed by atoms with E-state index in [4.69, 9.17) is 22.6 Å². The average Bonchev–Trinajstić information content (AvgIpc) is 2.20. The van der Waals surface area contributed by atoms with Crippen LogP contribution >= 0.6 is 11.6 Å². The first-order chi connectivity index (χ1) is 7.10. The van der Waals surface area contributed by atoms with Crippen molar-refractivity contribution in [3.05, 3.63) is 28.0 Å². The van der Waals surface area contributed by atoms with Crippen molar-refractivity contribution < 1.29 is 8.78 Å². The molecule has 0 fully saturated rings. The second-order valence-electron chi connectivity index (χ2n) is 2.81. The molecule has 1 aromatic heterocycles. The zero-order valence-corrected chi connectivity index (χ0v) is 8.43. The Balaban J connectivity index is 3.26. The minimum absolute atomic E-state index is 0.0378. The summed E-state index contributed by atoms with van der Waals surface area (Å²) in [5, 5.41) is 8.32. The highest BCUT2D eigenvalue weighted by molar-refractivity contribution is 6.32. The second-order valence-corrected chi connectivity index (χ2v) is 3.19. The third-order valence-electron chi connectivity index (χ3n) is 1.80. The van der Waals surface area contributed by atoms with E-state index in [9.17, 15) is 8.78 Å². The molecule has 0 saturated carbocycles. The van der Waals surface area contributed by atoms with Crippen molar-refractivity contribution in [3.63, 3.8) is 0 Å². The molecule has 0 atom stereocenters. The first-order valence-electron chi connectivity index (χ1n) is 4.13. The number of halogens is 3. The van der Waals surface area contributed by atoms with E-state index in [1.807, 2.05) is 6.07 Å². The molecular formula is C9H8ClF2N3. The lowest BCUT2D eigenvalue weighted by molar-refractivity contribution is 0.146. The van der Waals surface area contributed by atoms with Gasteiger partial charge >= 0.3 is 0 Å². The Morgan fingerprint density at radius 3 is 2.73 bits per heavy atom. The van der Waals surface area contributed by atoms with E-state index in [0.29, 0.717) is 5.56 Å². The fourth-order valence-electron chi connectivity index (χ4n) is 1.13. The van der Waals surface area contributed by atoms with Gasteiger partial charge in [-0.05, 0) is 11.6 Å². The monoisotopic (exact) mass is 231 g/mol. The molecule has 1 aromatic rings. The summed E-state index contributed by atoms with van der Waals surface area (Å²) >= 11 is 5.67. The summed E-state index contributed by atoms with van der Waals surface area (Å²) in [4.78, 5) is 3.61. The number of aromatic nitrogens is 1. The minimum atomic E-state index is -2.76. The lowest BCUT2D eigenvalue weighted by Gasteiger charge is -2.08. The Kier molecular flexibility index (Phi) is 3.95. The fourth-order valence-corrected chi connectivity index (χ4v) is 1.39. The SMILES string of the molecule is N#CCc1cc(CN)c(Cl)c(C(F)F)n1. The first-order valence-corrected chi connectivity index (χ1v) is 4.51. The zero-order chi connectivity index (χ0) is 11.4. The molecule has 3 nitrogen and oxygen atoms in total. The number of hydrogen-bond donors (Lipinski definition) is 1. The molecule has 0 amide bonds. The van der Waals surface area contributed by atoms with Crippen LogP contribution in [-0.2, 0) is 13.0 Å². The summed E-state index contributed by atoms with van der Waals surface area (Å²) < 4.78 is 25.0. The molecule has 0 radical (unpaired) electrons. The second kappa shape index (κ2) is 5.01. The van der Waals surface area contributed by atoms with E-state index in [-0.39, 0.29) is 23.7 Å². The average molecular weight is 232 g/mol. The molecule has 0 spiro atoms. The standard InChI is InChI=1S/C9H8ClF2N3/c10-7-5(4-14)3-6(1-2-13)15-8(7)9(11)12/h3,9H,1,4,14H2. The summed E-state index contributed by atoms with van der Waals surface area (Å²) in [6, 6.07) is 3.30. The molecule has 0 bridgehead atoms. The molecule has 15 heavy (non-hydrogen) atoms. The summed E-state index contributed by atoms with van der Waals surface area (Å²) in [6.45, 7) is 0.0412.